The third-order valence-electron chi connectivity index (χ3n) is 3.20. The second-order valence-electron chi connectivity index (χ2n) is 4.46. The summed E-state index contributed by atoms with van der Waals surface area (Å²) in [7, 11) is 0. The first-order valence-corrected chi connectivity index (χ1v) is 5.95. The Kier molecular flexibility index (Phi) is 2.59. The van der Waals surface area contributed by atoms with Crippen molar-refractivity contribution in [2.75, 3.05) is 17.2 Å². The molecule has 0 spiro atoms. The fourth-order valence-corrected chi connectivity index (χ4v) is 2.26. The fourth-order valence-electron chi connectivity index (χ4n) is 2.26. The Labute approximate surface area is 109 Å². The molecule has 0 radical (unpaired) electrons. The number of imidazole rings is 1. The first kappa shape index (κ1) is 11.5. The molecule has 98 valence electrons. The predicted molar refractivity (Wildman–Crippen MR) is 70.4 cm³/mol. The molecule has 0 unspecified atom stereocenters. The van der Waals surface area contributed by atoms with Gasteiger partial charge in [0.1, 0.15) is 11.6 Å². The number of carbonyl (C=O) groups excluding carboxylic acids is 1. The van der Waals surface area contributed by atoms with Crippen LogP contribution in [0.2, 0.25) is 0 Å². The molecular weight excluding hydrogens is 244 g/mol. The molecular formula is C12H14N6O. The van der Waals surface area contributed by atoms with E-state index in [1.807, 2.05) is 11.1 Å². The van der Waals surface area contributed by atoms with Gasteiger partial charge in [0.25, 0.3) is 5.91 Å². The molecule has 0 bridgehead atoms. The van der Waals surface area contributed by atoms with E-state index >= 15 is 0 Å². The Balaban J connectivity index is 1.98. The molecule has 1 aliphatic rings. The molecule has 0 atom stereocenters. The monoisotopic (exact) mass is 258 g/mol. The van der Waals surface area contributed by atoms with Crippen LogP contribution < -0.4 is 16.4 Å². The van der Waals surface area contributed by atoms with Gasteiger partial charge in [-0.05, 0) is 6.07 Å². The molecule has 1 aliphatic heterocycles. The lowest BCUT2D eigenvalue weighted by Gasteiger charge is -2.29. The van der Waals surface area contributed by atoms with Crippen LogP contribution >= 0.6 is 0 Å². The summed E-state index contributed by atoms with van der Waals surface area (Å²) in [6, 6.07) is 1.56. The van der Waals surface area contributed by atoms with Crippen LogP contribution in [0.1, 0.15) is 16.2 Å². The highest BCUT2D eigenvalue weighted by Gasteiger charge is 2.22. The molecule has 2 aromatic rings. The highest BCUT2D eigenvalue weighted by molar-refractivity contribution is 5.98. The second kappa shape index (κ2) is 4.27. The van der Waals surface area contributed by atoms with E-state index in [1.54, 1.807) is 12.3 Å². The Morgan fingerprint density at radius 1 is 1.32 bits per heavy atom. The molecule has 2 aromatic heterocycles. The van der Waals surface area contributed by atoms with Gasteiger partial charge in [-0.25, -0.2) is 9.97 Å². The van der Waals surface area contributed by atoms with Crippen molar-refractivity contribution in [3.05, 3.63) is 36.0 Å². The lowest BCUT2D eigenvalue weighted by Crippen LogP contribution is -2.35. The van der Waals surface area contributed by atoms with Crippen molar-refractivity contribution < 1.29 is 4.79 Å². The first-order chi connectivity index (χ1) is 9.15. The average molecular weight is 258 g/mol. The van der Waals surface area contributed by atoms with Crippen LogP contribution in [-0.2, 0) is 13.1 Å². The van der Waals surface area contributed by atoms with Crippen LogP contribution in [0, 0.1) is 0 Å². The number of nitrogens with two attached hydrogens (primary N) is 2. The maximum atomic E-state index is 11.5. The third-order valence-corrected chi connectivity index (χ3v) is 3.20. The van der Waals surface area contributed by atoms with Crippen LogP contribution in [0.5, 0.6) is 0 Å². The minimum atomic E-state index is -0.524. The van der Waals surface area contributed by atoms with E-state index < -0.39 is 5.91 Å². The largest absolute Gasteiger partial charge is 0.397 e. The Morgan fingerprint density at radius 2 is 2.16 bits per heavy atom. The number of nitrogen functional groups attached to an aromatic ring is 1. The van der Waals surface area contributed by atoms with Crippen molar-refractivity contribution in [2.24, 2.45) is 5.73 Å². The van der Waals surface area contributed by atoms with E-state index in [1.165, 1.54) is 6.20 Å². The number of amides is 1. The number of rotatable bonds is 2. The zero-order chi connectivity index (χ0) is 13.4. The summed E-state index contributed by atoms with van der Waals surface area (Å²) in [6.45, 7) is 2.16. The molecule has 0 aliphatic carbocycles. The number of hydrogen-bond acceptors (Lipinski definition) is 5. The van der Waals surface area contributed by atoms with Gasteiger partial charge in [-0.2, -0.15) is 0 Å². The van der Waals surface area contributed by atoms with Gasteiger partial charge in [-0.3, -0.25) is 4.79 Å². The smallest absolute Gasteiger partial charge is 0.252 e. The van der Waals surface area contributed by atoms with E-state index in [9.17, 15) is 4.79 Å². The van der Waals surface area contributed by atoms with Crippen LogP contribution in [0.4, 0.5) is 11.5 Å². The lowest BCUT2D eigenvalue weighted by molar-refractivity contribution is 0.100. The normalized spacial score (nSPS) is 14.2. The minimum Gasteiger partial charge on any atom is -0.397 e. The van der Waals surface area contributed by atoms with Crippen molar-refractivity contribution in [1.29, 1.82) is 0 Å². The summed E-state index contributed by atoms with van der Waals surface area (Å²) in [5.74, 6) is 0.986. The van der Waals surface area contributed by atoms with Gasteiger partial charge in [0.2, 0.25) is 0 Å². The van der Waals surface area contributed by atoms with Crippen LogP contribution in [-0.4, -0.2) is 27.0 Å². The van der Waals surface area contributed by atoms with Crippen molar-refractivity contribution in [3.8, 4) is 0 Å². The standard InChI is InChI=1S/C12H14N6O/c13-8-5-9(11(14)19)12(16-6-8)18-4-3-17-2-1-15-10(17)7-18/h1-2,5-6H,3-4,7,13H2,(H2,14,19). The number of fused-ring (bicyclic) bond motifs is 1. The van der Waals surface area contributed by atoms with Gasteiger partial charge in [-0.1, -0.05) is 0 Å². The molecule has 3 heterocycles. The summed E-state index contributed by atoms with van der Waals surface area (Å²) >= 11 is 0. The topological polar surface area (TPSA) is 103 Å². The van der Waals surface area contributed by atoms with Crippen molar-refractivity contribution in [3.63, 3.8) is 0 Å². The van der Waals surface area contributed by atoms with Gasteiger partial charge in [0.15, 0.2) is 0 Å². The van der Waals surface area contributed by atoms with Crippen molar-refractivity contribution in [2.45, 2.75) is 13.1 Å². The molecule has 19 heavy (non-hydrogen) atoms. The number of aromatic nitrogens is 3. The second-order valence-corrected chi connectivity index (χ2v) is 4.46. The van der Waals surface area contributed by atoms with Crippen LogP contribution in [0.25, 0.3) is 0 Å². The molecule has 0 aromatic carbocycles. The van der Waals surface area contributed by atoms with Gasteiger partial charge >= 0.3 is 0 Å². The quantitative estimate of drug-likeness (QED) is 0.788. The Hall–Kier alpha value is -2.57. The fraction of sp³-hybridized carbons (Fsp3) is 0.250. The maximum absolute atomic E-state index is 11.5. The highest BCUT2D eigenvalue weighted by atomic mass is 16.1. The van der Waals surface area contributed by atoms with Crippen LogP contribution in [0.3, 0.4) is 0 Å². The summed E-state index contributed by atoms with van der Waals surface area (Å²) in [5.41, 5.74) is 11.8. The van der Waals surface area contributed by atoms with Gasteiger partial charge < -0.3 is 20.9 Å². The Morgan fingerprint density at radius 3 is 2.95 bits per heavy atom. The SMILES string of the molecule is NC(=O)c1cc(N)cnc1N1CCn2ccnc2C1. The van der Waals surface area contributed by atoms with Gasteiger partial charge in [0.05, 0.1) is 24.0 Å². The number of carbonyl (C=O) groups is 1. The zero-order valence-electron chi connectivity index (χ0n) is 10.3. The van der Waals surface area contributed by atoms with Crippen LogP contribution in [0.15, 0.2) is 24.7 Å². The summed E-state index contributed by atoms with van der Waals surface area (Å²) in [6.07, 6.45) is 5.24. The van der Waals surface area contributed by atoms with Crippen molar-refractivity contribution >= 4 is 17.4 Å². The molecule has 7 nitrogen and oxygen atoms in total. The average Bonchev–Trinajstić information content (AvgIpc) is 2.85. The molecule has 0 fully saturated rings. The molecule has 3 rings (SSSR count). The number of anilines is 2. The number of nitrogens with zero attached hydrogens (tertiary/aromatic N) is 4. The van der Waals surface area contributed by atoms with E-state index in [-0.39, 0.29) is 0 Å². The van der Waals surface area contributed by atoms with Gasteiger partial charge in [0, 0.05) is 25.5 Å². The molecule has 0 saturated carbocycles. The van der Waals surface area contributed by atoms with E-state index in [4.69, 9.17) is 11.5 Å². The number of primary amides is 1. The molecule has 0 saturated heterocycles. The Bertz CT molecular complexity index is 635. The number of hydrogen-bond donors (Lipinski definition) is 2. The van der Waals surface area contributed by atoms with Crippen molar-refractivity contribution in [1.82, 2.24) is 14.5 Å². The predicted octanol–water partition coefficient (Wildman–Crippen LogP) is -0.0206. The number of pyridine rings is 1. The minimum absolute atomic E-state index is 0.347. The van der Waals surface area contributed by atoms with E-state index in [0.29, 0.717) is 23.6 Å². The third kappa shape index (κ3) is 1.99. The molecule has 4 N–H and O–H groups in total. The molecule has 7 heteroatoms. The van der Waals surface area contributed by atoms with Gasteiger partial charge in [-0.15, -0.1) is 0 Å². The summed E-state index contributed by atoms with van der Waals surface area (Å²) < 4.78 is 2.08. The zero-order valence-corrected chi connectivity index (χ0v) is 10.3. The first-order valence-electron chi connectivity index (χ1n) is 5.95. The summed E-state index contributed by atoms with van der Waals surface area (Å²) in [5, 5.41) is 0. The lowest BCUT2D eigenvalue weighted by atomic mass is 10.2. The van der Waals surface area contributed by atoms with E-state index in [2.05, 4.69) is 14.5 Å². The highest BCUT2D eigenvalue weighted by Crippen LogP contribution is 2.23. The maximum Gasteiger partial charge on any atom is 0.252 e. The summed E-state index contributed by atoms with van der Waals surface area (Å²) in [4.78, 5) is 22.0. The van der Waals surface area contributed by atoms with E-state index in [0.717, 1.165) is 18.9 Å². The molecule has 1 amide bonds.